The summed E-state index contributed by atoms with van der Waals surface area (Å²) < 4.78 is 8.67. The van der Waals surface area contributed by atoms with E-state index >= 15 is 0 Å². The molecule has 0 fully saturated rings. The number of carbonyl (C=O) groups is 1. The molecule has 5 rings (SSSR count). The number of amides is 1. The van der Waals surface area contributed by atoms with Crippen LogP contribution in [0.1, 0.15) is 27.5 Å². The van der Waals surface area contributed by atoms with E-state index in [9.17, 15) is 4.79 Å². The molecule has 0 aliphatic rings. The molecule has 144 valence electrons. The van der Waals surface area contributed by atoms with E-state index in [1.807, 2.05) is 56.3 Å². The Morgan fingerprint density at radius 1 is 1.17 bits per heavy atom. The molecular formula is C21H17N5O2S. The number of aryl methyl sites for hydroxylation is 2. The average Bonchev–Trinajstić information content (AvgIpc) is 3.43. The van der Waals surface area contributed by atoms with E-state index in [-0.39, 0.29) is 12.5 Å². The molecule has 5 aromatic rings. The lowest BCUT2D eigenvalue weighted by molar-refractivity contribution is 0.0949. The van der Waals surface area contributed by atoms with E-state index in [1.165, 1.54) is 0 Å². The summed E-state index contributed by atoms with van der Waals surface area (Å²) in [4.78, 5) is 21.7. The van der Waals surface area contributed by atoms with E-state index in [1.54, 1.807) is 22.0 Å². The van der Waals surface area contributed by atoms with Gasteiger partial charge in [-0.3, -0.25) is 4.79 Å². The molecule has 0 atom stereocenters. The predicted molar refractivity (Wildman–Crippen MR) is 111 cm³/mol. The first-order valence-electron chi connectivity index (χ1n) is 9.13. The summed E-state index contributed by atoms with van der Waals surface area (Å²) in [6.45, 7) is 4.10. The van der Waals surface area contributed by atoms with E-state index in [2.05, 4.69) is 20.4 Å². The normalized spacial score (nSPS) is 11.4. The molecule has 1 N–H and O–H groups in total. The molecule has 8 heteroatoms. The van der Waals surface area contributed by atoms with Crippen molar-refractivity contribution in [3.63, 3.8) is 0 Å². The van der Waals surface area contributed by atoms with Crippen LogP contribution in [0, 0.1) is 13.8 Å². The Morgan fingerprint density at radius 3 is 2.90 bits per heavy atom. The molecule has 0 aliphatic carbocycles. The number of hydrogen-bond donors (Lipinski definition) is 1. The van der Waals surface area contributed by atoms with Crippen molar-refractivity contribution < 1.29 is 9.21 Å². The molecule has 0 unspecified atom stereocenters. The maximum Gasteiger partial charge on any atom is 0.257 e. The first kappa shape index (κ1) is 17.6. The van der Waals surface area contributed by atoms with Gasteiger partial charge in [-0.2, -0.15) is 5.10 Å². The van der Waals surface area contributed by atoms with Crippen LogP contribution in [0.5, 0.6) is 0 Å². The van der Waals surface area contributed by atoms with Crippen LogP contribution in [0.3, 0.4) is 0 Å². The fourth-order valence-corrected chi connectivity index (χ4v) is 4.19. The van der Waals surface area contributed by atoms with Gasteiger partial charge in [-0.05, 0) is 44.2 Å². The lowest BCUT2D eigenvalue weighted by Gasteiger charge is -2.03. The third-order valence-corrected chi connectivity index (χ3v) is 5.66. The Morgan fingerprint density at radius 2 is 2.03 bits per heavy atom. The second-order valence-corrected chi connectivity index (χ2v) is 7.80. The van der Waals surface area contributed by atoms with Crippen LogP contribution in [0.15, 0.2) is 53.1 Å². The summed E-state index contributed by atoms with van der Waals surface area (Å²) in [5, 5.41) is 7.96. The van der Waals surface area contributed by atoms with Gasteiger partial charge in [-0.25, -0.2) is 14.5 Å². The summed E-state index contributed by atoms with van der Waals surface area (Å²) in [6, 6.07) is 13.6. The second kappa shape index (κ2) is 6.82. The van der Waals surface area contributed by atoms with Crippen LogP contribution in [-0.2, 0) is 6.54 Å². The van der Waals surface area contributed by atoms with Crippen molar-refractivity contribution in [3.8, 4) is 10.8 Å². The topological polar surface area (TPSA) is 85.3 Å². The van der Waals surface area contributed by atoms with Crippen molar-refractivity contribution in [1.29, 1.82) is 0 Å². The predicted octanol–water partition coefficient (Wildman–Crippen LogP) is 4.15. The highest BCUT2D eigenvalue weighted by Gasteiger charge is 2.16. The largest absolute Gasteiger partial charge is 0.457 e. The van der Waals surface area contributed by atoms with Gasteiger partial charge >= 0.3 is 0 Å². The van der Waals surface area contributed by atoms with Crippen molar-refractivity contribution in [2.45, 2.75) is 20.4 Å². The third kappa shape index (κ3) is 3.17. The summed E-state index contributed by atoms with van der Waals surface area (Å²) in [6.07, 6.45) is 1.54. The highest BCUT2D eigenvalue weighted by Crippen LogP contribution is 2.31. The molecule has 0 radical (unpaired) electrons. The molecule has 4 aromatic heterocycles. The molecular weight excluding hydrogens is 386 g/mol. The SMILES string of the molecule is Cc1cc(C)n2ncc(C(=O)NCc3ccc(-c4nc5ccccc5s4)o3)c2n1. The first-order valence-corrected chi connectivity index (χ1v) is 9.95. The Hall–Kier alpha value is -3.52. The minimum atomic E-state index is -0.240. The summed E-state index contributed by atoms with van der Waals surface area (Å²) >= 11 is 1.58. The zero-order valence-corrected chi connectivity index (χ0v) is 16.7. The number of thiazole rings is 1. The van der Waals surface area contributed by atoms with Crippen LogP contribution in [-0.4, -0.2) is 25.5 Å². The number of nitrogens with one attached hydrogen (secondary N) is 1. The van der Waals surface area contributed by atoms with Gasteiger partial charge in [-0.1, -0.05) is 12.1 Å². The number of carbonyl (C=O) groups excluding carboxylic acids is 1. The van der Waals surface area contributed by atoms with Crippen LogP contribution >= 0.6 is 11.3 Å². The smallest absolute Gasteiger partial charge is 0.257 e. The Kier molecular flexibility index (Phi) is 4.13. The molecule has 0 aliphatic heterocycles. The Balaban J connectivity index is 1.34. The highest BCUT2D eigenvalue weighted by atomic mass is 32.1. The fourth-order valence-electron chi connectivity index (χ4n) is 3.26. The standard InChI is InChI=1S/C21H17N5O2S/c1-12-9-13(2)26-19(24-12)15(11-23-26)20(27)22-10-14-7-8-17(28-14)21-25-16-5-3-4-6-18(16)29-21/h3-9,11H,10H2,1-2H3,(H,22,27). The van der Waals surface area contributed by atoms with Crippen molar-refractivity contribution >= 4 is 33.1 Å². The van der Waals surface area contributed by atoms with Gasteiger partial charge in [0.2, 0.25) is 0 Å². The zero-order valence-electron chi connectivity index (χ0n) is 15.8. The van der Waals surface area contributed by atoms with Crippen molar-refractivity contribution in [3.05, 3.63) is 71.4 Å². The maximum atomic E-state index is 12.7. The molecule has 1 aromatic carbocycles. The molecule has 0 bridgehead atoms. The summed E-state index contributed by atoms with van der Waals surface area (Å²) in [7, 11) is 0. The van der Waals surface area contributed by atoms with Crippen LogP contribution in [0.2, 0.25) is 0 Å². The number of rotatable bonds is 4. The monoisotopic (exact) mass is 403 g/mol. The van der Waals surface area contributed by atoms with E-state index in [0.29, 0.717) is 22.7 Å². The maximum absolute atomic E-state index is 12.7. The van der Waals surface area contributed by atoms with Crippen molar-refractivity contribution in [2.75, 3.05) is 0 Å². The van der Waals surface area contributed by atoms with Crippen LogP contribution in [0.25, 0.3) is 26.6 Å². The van der Waals surface area contributed by atoms with Gasteiger partial charge in [0.1, 0.15) is 11.3 Å². The number of aromatic nitrogens is 4. The molecule has 0 spiro atoms. The minimum absolute atomic E-state index is 0.240. The van der Waals surface area contributed by atoms with Gasteiger partial charge in [-0.15, -0.1) is 11.3 Å². The van der Waals surface area contributed by atoms with Crippen LogP contribution < -0.4 is 5.32 Å². The number of fused-ring (bicyclic) bond motifs is 2. The number of benzene rings is 1. The summed E-state index contributed by atoms with van der Waals surface area (Å²) in [5.74, 6) is 1.11. The zero-order chi connectivity index (χ0) is 20.0. The lowest BCUT2D eigenvalue weighted by atomic mass is 10.3. The van der Waals surface area contributed by atoms with Gasteiger partial charge in [0.15, 0.2) is 16.4 Å². The Labute approximate surface area is 170 Å². The molecule has 29 heavy (non-hydrogen) atoms. The quantitative estimate of drug-likeness (QED) is 0.487. The van der Waals surface area contributed by atoms with Gasteiger partial charge in [0.05, 0.1) is 23.0 Å². The van der Waals surface area contributed by atoms with E-state index < -0.39 is 0 Å². The fraction of sp³-hybridized carbons (Fsp3) is 0.143. The lowest BCUT2D eigenvalue weighted by Crippen LogP contribution is -2.22. The second-order valence-electron chi connectivity index (χ2n) is 6.77. The summed E-state index contributed by atoms with van der Waals surface area (Å²) in [5.41, 5.74) is 3.71. The van der Waals surface area contributed by atoms with Crippen LogP contribution in [0.4, 0.5) is 0 Å². The number of para-hydroxylation sites is 1. The van der Waals surface area contributed by atoms with E-state index in [0.717, 1.165) is 26.6 Å². The molecule has 4 heterocycles. The Bertz CT molecular complexity index is 1330. The number of furan rings is 1. The van der Waals surface area contributed by atoms with Crippen molar-refractivity contribution in [2.24, 2.45) is 0 Å². The van der Waals surface area contributed by atoms with E-state index in [4.69, 9.17) is 4.42 Å². The number of hydrogen-bond acceptors (Lipinski definition) is 6. The average molecular weight is 403 g/mol. The first-order chi connectivity index (χ1) is 14.1. The molecule has 0 saturated heterocycles. The van der Waals surface area contributed by atoms with Gasteiger partial charge in [0, 0.05) is 11.4 Å². The molecule has 0 saturated carbocycles. The molecule has 1 amide bonds. The number of nitrogens with zero attached hydrogens (tertiary/aromatic N) is 4. The van der Waals surface area contributed by atoms with Gasteiger partial charge in [0.25, 0.3) is 5.91 Å². The third-order valence-electron chi connectivity index (χ3n) is 4.61. The molecule has 7 nitrogen and oxygen atoms in total. The highest BCUT2D eigenvalue weighted by molar-refractivity contribution is 7.21. The van der Waals surface area contributed by atoms with Gasteiger partial charge < -0.3 is 9.73 Å². The van der Waals surface area contributed by atoms with Crippen molar-refractivity contribution in [1.82, 2.24) is 24.9 Å². The minimum Gasteiger partial charge on any atom is -0.457 e.